The summed E-state index contributed by atoms with van der Waals surface area (Å²) in [4.78, 5) is 0. The average Bonchev–Trinajstić information content (AvgIpc) is 2.74. The average molecular weight is 260 g/mol. The van der Waals surface area contributed by atoms with Crippen LogP contribution in [0.4, 0.5) is 0 Å². The summed E-state index contributed by atoms with van der Waals surface area (Å²) in [6.45, 7) is 2.88. The van der Waals surface area contributed by atoms with Crippen LogP contribution in [0.3, 0.4) is 0 Å². The van der Waals surface area contributed by atoms with Gasteiger partial charge in [0.05, 0.1) is 0 Å². The Bertz CT molecular complexity index is 287. The Hall–Kier alpha value is -0.130. The summed E-state index contributed by atoms with van der Waals surface area (Å²) in [5, 5.41) is 0. The standard InChI is InChI=1S/C12H24N2O2S/c15-17(16,13-9-5-1-2-6-10-13)14-11-7-3-4-8-12-14/h1-12H2. The lowest BCUT2D eigenvalue weighted by Crippen LogP contribution is -2.44. The van der Waals surface area contributed by atoms with Gasteiger partial charge in [0.25, 0.3) is 10.2 Å². The summed E-state index contributed by atoms with van der Waals surface area (Å²) >= 11 is 0. The minimum Gasteiger partial charge on any atom is -0.195 e. The summed E-state index contributed by atoms with van der Waals surface area (Å²) in [5.41, 5.74) is 0. The normalized spacial score (nSPS) is 26.4. The molecular formula is C12H24N2O2S. The lowest BCUT2D eigenvalue weighted by molar-refractivity contribution is 0.345. The topological polar surface area (TPSA) is 40.6 Å². The molecule has 2 heterocycles. The van der Waals surface area contributed by atoms with E-state index in [-0.39, 0.29) is 0 Å². The molecule has 2 rings (SSSR count). The molecule has 2 aliphatic rings. The predicted octanol–water partition coefficient (Wildman–Crippen LogP) is 1.98. The molecule has 0 unspecified atom stereocenters. The molecule has 0 spiro atoms. The van der Waals surface area contributed by atoms with Crippen LogP contribution in [0.1, 0.15) is 51.4 Å². The summed E-state index contributed by atoms with van der Waals surface area (Å²) < 4.78 is 28.4. The van der Waals surface area contributed by atoms with E-state index in [9.17, 15) is 8.42 Å². The quantitative estimate of drug-likeness (QED) is 0.762. The maximum Gasteiger partial charge on any atom is 0.281 e. The first-order valence-corrected chi connectivity index (χ1v) is 8.36. The zero-order valence-electron chi connectivity index (χ0n) is 10.6. The zero-order valence-corrected chi connectivity index (χ0v) is 11.4. The minimum atomic E-state index is -3.17. The van der Waals surface area contributed by atoms with Crippen molar-refractivity contribution in [1.82, 2.24) is 8.61 Å². The van der Waals surface area contributed by atoms with E-state index in [1.54, 1.807) is 8.61 Å². The van der Waals surface area contributed by atoms with E-state index in [2.05, 4.69) is 0 Å². The van der Waals surface area contributed by atoms with E-state index in [0.29, 0.717) is 0 Å². The Kier molecular flexibility index (Phi) is 4.82. The van der Waals surface area contributed by atoms with Crippen molar-refractivity contribution < 1.29 is 8.42 Å². The lowest BCUT2D eigenvalue weighted by atomic mass is 10.2. The molecule has 0 radical (unpaired) electrons. The molecule has 2 aliphatic heterocycles. The van der Waals surface area contributed by atoms with Crippen molar-refractivity contribution in [3.63, 3.8) is 0 Å². The number of nitrogens with zero attached hydrogens (tertiary/aromatic N) is 2. The fraction of sp³-hybridized carbons (Fsp3) is 1.00. The fourth-order valence-corrected chi connectivity index (χ4v) is 4.47. The van der Waals surface area contributed by atoms with Crippen molar-refractivity contribution >= 4 is 10.2 Å². The fourth-order valence-electron chi connectivity index (χ4n) is 2.71. The van der Waals surface area contributed by atoms with Gasteiger partial charge in [0.2, 0.25) is 0 Å². The highest BCUT2D eigenvalue weighted by molar-refractivity contribution is 7.86. The van der Waals surface area contributed by atoms with Crippen LogP contribution in [0, 0.1) is 0 Å². The van der Waals surface area contributed by atoms with Gasteiger partial charge in [0, 0.05) is 26.2 Å². The van der Waals surface area contributed by atoms with Crippen molar-refractivity contribution in [3.8, 4) is 0 Å². The van der Waals surface area contributed by atoms with Crippen molar-refractivity contribution in [2.24, 2.45) is 0 Å². The lowest BCUT2D eigenvalue weighted by Gasteiger charge is -2.28. The second-order valence-electron chi connectivity index (χ2n) is 5.13. The summed E-state index contributed by atoms with van der Waals surface area (Å²) in [6, 6.07) is 0. The van der Waals surface area contributed by atoms with Gasteiger partial charge in [-0.15, -0.1) is 0 Å². The smallest absolute Gasteiger partial charge is 0.195 e. The van der Waals surface area contributed by atoms with Gasteiger partial charge in [-0.1, -0.05) is 25.7 Å². The molecule has 0 bridgehead atoms. The third-order valence-corrected chi connectivity index (χ3v) is 5.82. The van der Waals surface area contributed by atoms with Gasteiger partial charge < -0.3 is 0 Å². The second-order valence-corrected chi connectivity index (χ2v) is 7.06. The Morgan fingerprint density at radius 1 is 0.529 bits per heavy atom. The van der Waals surface area contributed by atoms with Crippen molar-refractivity contribution in [3.05, 3.63) is 0 Å². The minimum absolute atomic E-state index is 0.721. The SMILES string of the molecule is O=S(=O)(N1CCCCCC1)N1CCCCCC1. The van der Waals surface area contributed by atoms with Gasteiger partial charge in [-0.3, -0.25) is 0 Å². The summed E-state index contributed by atoms with van der Waals surface area (Å²) in [7, 11) is -3.17. The molecule has 17 heavy (non-hydrogen) atoms. The van der Waals surface area contributed by atoms with Crippen LogP contribution in [0.5, 0.6) is 0 Å². The highest BCUT2D eigenvalue weighted by Gasteiger charge is 2.29. The van der Waals surface area contributed by atoms with E-state index in [1.165, 1.54) is 25.7 Å². The van der Waals surface area contributed by atoms with Gasteiger partial charge in [0.1, 0.15) is 0 Å². The molecule has 0 saturated carbocycles. The molecule has 0 amide bonds. The highest BCUT2D eigenvalue weighted by atomic mass is 32.2. The van der Waals surface area contributed by atoms with Gasteiger partial charge in [-0.05, 0) is 25.7 Å². The highest BCUT2D eigenvalue weighted by Crippen LogP contribution is 2.19. The van der Waals surface area contributed by atoms with Gasteiger partial charge in [-0.2, -0.15) is 17.0 Å². The Morgan fingerprint density at radius 3 is 1.12 bits per heavy atom. The van der Waals surface area contributed by atoms with E-state index < -0.39 is 10.2 Å². The molecule has 2 saturated heterocycles. The predicted molar refractivity (Wildman–Crippen MR) is 69.0 cm³/mol. The van der Waals surface area contributed by atoms with Crippen LogP contribution in [0.2, 0.25) is 0 Å². The Balaban J connectivity index is 2.04. The van der Waals surface area contributed by atoms with Crippen LogP contribution in [-0.4, -0.2) is 43.2 Å². The molecule has 0 atom stereocenters. The molecule has 100 valence electrons. The molecule has 0 aromatic rings. The molecule has 0 N–H and O–H groups in total. The molecule has 2 fully saturated rings. The third kappa shape index (κ3) is 3.42. The number of hydrogen-bond acceptors (Lipinski definition) is 2. The van der Waals surface area contributed by atoms with Crippen molar-refractivity contribution in [1.29, 1.82) is 0 Å². The first-order chi connectivity index (χ1) is 8.21. The molecule has 0 aromatic heterocycles. The van der Waals surface area contributed by atoms with Gasteiger partial charge in [-0.25, -0.2) is 0 Å². The third-order valence-electron chi connectivity index (χ3n) is 3.78. The molecule has 4 nitrogen and oxygen atoms in total. The van der Waals surface area contributed by atoms with Crippen molar-refractivity contribution in [2.75, 3.05) is 26.2 Å². The maximum atomic E-state index is 12.5. The van der Waals surface area contributed by atoms with Crippen LogP contribution in [0.15, 0.2) is 0 Å². The van der Waals surface area contributed by atoms with E-state index in [0.717, 1.165) is 51.9 Å². The van der Waals surface area contributed by atoms with E-state index in [4.69, 9.17) is 0 Å². The summed E-state index contributed by atoms with van der Waals surface area (Å²) in [6.07, 6.45) is 8.77. The Morgan fingerprint density at radius 2 is 0.824 bits per heavy atom. The van der Waals surface area contributed by atoms with Crippen LogP contribution < -0.4 is 0 Å². The van der Waals surface area contributed by atoms with E-state index >= 15 is 0 Å². The zero-order chi connectivity index (χ0) is 12.1. The van der Waals surface area contributed by atoms with E-state index in [1.807, 2.05) is 0 Å². The number of hydrogen-bond donors (Lipinski definition) is 0. The molecule has 0 aliphatic carbocycles. The van der Waals surface area contributed by atoms with Gasteiger partial charge in [0.15, 0.2) is 0 Å². The van der Waals surface area contributed by atoms with Crippen LogP contribution in [-0.2, 0) is 10.2 Å². The molecule has 5 heteroatoms. The maximum absolute atomic E-state index is 12.5. The molecular weight excluding hydrogens is 236 g/mol. The molecule has 0 aromatic carbocycles. The number of rotatable bonds is 2. The summed E-state index contributed by atoms with van der Waals surface area (Å²) in [5.74, 6) is 0. The van der Waals surface area contributed by atoms with Gasteiger partial charge >= 0.3 is 0 Å². The van der Waals surface area contributed by atoms with Crippen LogP contribution >= 0.6 is 0 Å². The largest absolute Gasteiger partial charge is 0.281 e. The first-order valence-electron chi connectivity index (χ1n) is 6.96. The first kappa shape index (κ1) is 13.3. The van der Waals surface area contributed by atoms with Crippen LogP contribution in [0.25, 0.3) is 0 Å². The monoisotopic (exact) mass is 260 g/mol. The van der Waals surface area contributed by atoms with Crippen molar-refractivity contribution in [2.45, 2.75) is 51.4 Å². The second kappa shape index (κ2) is 6.16. The Labute approximate surface area is 105 Å².